The predicted molar refractivity (Wildman–Crippen MR) is 126 cm³/mol. The topological polar surface area (TPSA) is 60.4 Å². The van der Waals surface area contributed by atoms with Crippen LogP contribution in [0.2, 0.25) is 5.02 Å². The molecule has 3 aromatic carbocycles. The Bertz CT molecular complexity index is 1150. The lowest BCUT2D eigenvalue weighted by Crippen LogP contribution is -2.23. The molecule has 0 spiro atoms. The van der Waals surface area contributed by atoms with E-state index in [1.54, 1.807) is 42.5 Å². The lowest BCUT2D eigenvalue weighted by molar-refractivity contribution is 0.103. The van der Waals surface area contributed by atoms with E-state index in [4.69, 9.17) is 16.3 Å². The van der Waals surface area contributed by atoms with E-state index in [1.807, 2.05) is 32.0 Å². The Kier molecular flexibility index (Phi) is 7.15. The Hall–Kier alpha value is -2.68. The van der Waals surface area contributed by atoms with Gasteiger partial charge in [0.15, 0.2) is 0 Å². The first-order valence-corrected chi connectivity index (χ1v) is 12.2. The summed E-state index contributed by atoms with van der Waals surface area (Å²) in [5, 5.41) is 0.271. The third kappa shape index (κ3) is 4.11. The van der Waals surface area contributed by atoms with Crippen molar-refractivity contribution in [1.29, 1.82) is 0 Å². The number of rotatable bonds is 8. The standard InChI is InChI=1S/C25H24ClO4P/c1-4-17-11-9-12-18(5-2)22(17)24(27)31(29,19-13-7-6-8-14-19)25(28)23-20(26)15-10-16-21(23)30-3/h6-16H,4-5H2,1-3H3. The van der Waals surface area contributed by atoms with Crippen LogP contribution in [-0.2, 0) is 17.4 Å². The number of carbonyl (C=O) groups is 2. The maximum absolute atomic E-state index is 14.6. The van der Waals surface area contributed by atoms with E-state index in [0.717, 1.165) is 11.1 Å². The van der Waals surface area contributed by atoms with Crippen LogP contribution in [0.4, 0.5) is 0 Å². The first-order chi connectivity index (χ1) is 14.9. The fourth-order valence-corrected chi connectivity index (χ4v) is 6.39. The van der Waals surface area contributed by atoms with Gasteiger partial charge in [-0.25, -0.2) is 0 Å². The van der Waals surface area contributed by atoms with Crippen LogP contribution in [0.1, 0.15) is 45.7 Å². The average molecular weight is 455 g/mol. The van der Waals surface area contributed by atoms with Gasteiger partial charge >= 0.3 is 0 Å². The maximum Gasteiger partial charge on any atom is 0.248 e. The van der Waals surface area contributed by atoms with E-state index < -0.39 is 18.2 Å². The molecular weight excluding hydrogens is 431 g/mol. The molecule has 31 heavy (non-hydrogen) atoms. The fraction of sp³-hybridized carbons (Fsp3) is 0.200. The number of carbonyl (C=O) groups excluding carboxylic acids is 2. The van der Waals surface area contributed by atoms with E-state index in [2.05, 4.69) is 0 Å². The Balaban J connectivity index is 2.33. The van der Waals surface area contributed by atoms with Crippen molar-refractivity contribution >= 4 is 35.1 Å². The van der Waals surface area contributed by atoms with Crippen LogP contribution in [-0.4, -0.2) is 18.2 Å². The summed E-state index contributed by atoms with van der Waals surface area (Å²) in [5.41, 5.74) is 0.358. The van der Waals surface area contributed by atoms with Gasteiger partial charge in [-0.1, -0.05) is 80.0 Å². The van der Waals surface area contributed by atoms with Gasteiger partial charge in [-0.3, -0.25) is 9.59 Å². The van der Waals surface area contributed by atoms with Crippen LogP contribution >= 0.6 is 18.7 Å². The van der Waals surface area contributed by atoms with E-state index in [0.29, 0.717) is 18.4 Å². The molecule has 0 fully saturated rings. The highest BCUT2D eigenvalue weighted by Crippen LogP contribution is 2.54. The molecule has 0 N–H and O–H groups in total. The van der Waals surface area contributed by atoms with Gasteiger partial charge in [0.05, 0.1) is 17.7 Å². The molecule has 0 heterocycles. The van der Waals surface area contributed by atoms with Crippen LogP contribution in [0.5, 0.6) is 5.75 Å². The van der Waals surface area contributed by atoms with Crippen molar-refractivity contribution in [2.75, 3.05) is 7.11 Å². The highest BCUT2D eigenvalue weighted by atomic mass is 35.5. The van der Waals surface area contributed by atoms with Crippen molar-refractivity contribution in [1.82, 2.24) is 0 Å². The third-order valence-corrected chi connectivity index (χ3v) is 8.25. The average Bonchev–Trinajstić information content (AvgIpc) is 2.82. The second-order valence-corrected chi connectivity index (χ2v) is 9.99. The molecule has 0 aliphatic rings. The quantitative estimate of drug-likeness (QED) is 0.383. The molecule has 0 amide bonds. The Morgan fingerprint density at radius 1 is 0.806 bits per heavy atom. The minimum absolute atomic E-state index is 0.0424. The summed E-state index contributed by atoms with van der Waals surface area (Å²) in [4.78, 5) is 27.8. The number of aryl methyl sites for hydroxylation is 2. The first-order valence-electron chi connectivity index (χ1n) is 10.1. The van der Waals surface area contributed by atoms with Crippen LogP contribution in [0, 0.1) is 0 Å². The van der Waals surface area contributed by atoms with E-state index in [-0.39, 0.29) is 21.6 Å². The van der Waals surface area contributed by atoms with Gasteiger partial charge in [0, 0.05) is 10.9 Å². The van der Waals surface area contributed by atoms with E-state index in [9.17, 15) is 14.2 Å². The normalized spacial score (nSPS) is 12.8. The molecule has 1 unspecified atom stereocenters. The zero-order valence-electron chi connectivity index (χ0n) is 17.7. The third-order valence-electron chi connectivity index (χ3n) is 5.31. The van der Waals surface area contributed by atoms with Crippen LogP contribution in [0.25, 0.3) is 0 Å². The number of hydrogen-bond donors (Lipinski definition) is 0. The largest absolute Gasteiger partial charge is 0.496 e. The molecule has 6 heteroatoms. The molecule has 160 valence electrons. The number of halogens is 1. The summed E-state index contributed by atoms with van der Waals surface area (Å²) >= 11 is 6.33. The van der Waals surface area contributed by atoms with Crippen molar-refractivity contribution in [3.63, 3.8) is 0 Å². The Morgan fingerprint density at radius 2 is 1.35 bits per heavy atom. The maximum atomic E-state index is 14.6. The molecule has 0 aliphatic heterocycles. The number of hydrogen-bond acceptors (Lipinski definition) is 4. The highest BCUT2D eigenvalue weighted by Gasteiger charge is 2.45. The lowest BCUT2D eigenvalue weighted by Gasteiger charge is -2.21. The van der Waals surface area contributed by atoms with Crippen molar-refractivity contribution in [3.8, 4) is 5.75 Å². The van der Waals surface area contributed by atoms with Gasteiger partial charge in [0.1, 0.15) is 5.75 Å². The monoisotopic (exact) mass is 454 g/mol. The van der Waals surface area contributed by atoms with Crippen LogP contribution < -0.4 is 10.0 Å². The number of ether oxygens (including phenoxy) is 1. The lowest BCUT2D eigenvalue weighted by atomic mass is 9.98. The summed E-state index contributed by atoms with van der Waals surface area (Å²) in [6.45, 7) is 3.86. The van der Waals surface area contributed by atoms with Crippen molar-refractivity contribution < 1.29 is 18.9 Å². The molecule has 3 aromatic rings. The zero-order chi connectivity index (χ0) is 22.6. The van der Waals surface area contributed by atoms with Crippen LogP contribution in [0.3, 0.4) is 0 Å². The SMILES string of the molecule is CCc1cccc(CC)c1C(=O)P(=O)(C(=O)c1c(Cl)cccc1OC)c1ccccc1. The molecule has 0 bridgehead atoms. The molecule has 0 aliphatic carbocycles. The summed E-state index contributed by atoms with van der Waals surface area (Å²) in [6.07, 6.45) is 1.15. The van der Waals surface area contributed by atoms with E-state index >= 15 is 0 Å². The van der Waals surface area contributed by atoms with Gasteiger partial charge in [-0.05, 0) is 36.1 Å². The second-order valence-electron chi connectivity index (χ2n) is 7.03. The molecule has 0 aromatic heterocycles. The predicted octanol–water partition coefficient (Wildman–Crippen LogP) is 6.14. The van der Waals surface area contributed by atoms with Crippen LogP contribution in [0.15, 0.2) is 66.7 Å². The highest BCUT2D eigenvalue weighted by molar-refractivity contribution is 8.01. The molecule has 1 atom stereocenters. The molecule has 0 radical (unpaired) electrons. The first kappa shape index (κ1) is 23.0. The molecule has 0 saturated carbocycles. The molecular formula is C25H24ClO4P. The Labute approximate surface area is 187 Å². The minimum atomic E-state index is -4.29. The summed E-state index contributed by atoms with van der Waals surface area (Å²) in [7, 11) is -2.89. The molecule has 3 rings (SSSR count). The Morgan fingerprint density at radius 3 is 1.90 bits per heavy atom. The van der Waals surface area contributed by atoms with Gasteiger partial charge in [0.2, 0.25) is 18.2 Å². The van der Waals surface area contributed by atoms with E-state index in [1.165, 1.54) is 13.2 Å². The van der Waals surface area contributed by atoms with Gasteiger partial charge in [-0.2, -0.15) is 0 Å². The molecule has 4 nitrogen and oxygen atoms in total. The van der Waals surface area contributed by atoms with Crippen molar-refractivity contribution in [3.05, 3.63) is 94.0 Å². The number of methoxy groups -OCH3 is 1. The summed E-state index contributed by atoms with van der Waals surface area (Å²) in [6, 6.07) is 18.5. The summed E-state index contributed by atoms with van der Waals surface area (Å²) < 4.78 is 19.9. The van der Waals surface area contributed by atoms with Crippen molar-refractivity contribution in [2.24, 2.45) is 0 Å². The van der Waals surface area contributed by atoms with Gasteiger partial charge in [-0.15, -0.1) is 0 Å². The molecule has 0 saturated heterocycles. The minimum Gasteiger partial charge on any atom is -0.496 e. The van der Waals surface area contributed by atoms with Gasteiger partial charge in [0.25, 0.3) is 0 Å². The van der Waals surface area contributed by atoms with Crippen molar-refractivity contribution in [2.45, 2.75) is 26.7 Å². The van der Waals surface area contributed by atoms with Gasteiger partial charge < -0.3 is 9.30 Å². The smallest absolute Gasteiger partial charge is 0.248 e. The zero-order valence-corrected chi connectivity index (χ0v) is 19.4. The fourth-order valence-electron chi connectivity index (χ4n) is 3.68. The summed E-state index contributed by atoms with van der Waals surface area (Å²) in [5.74, 6) is 0.181. The number of benzene rings is 3. The second kappa shape index (κ2) is 9.64.